The van der Waals surface area contributed by atoms with E-state index in [0.717, 1.165) is 12.1 Å². The molecule has 1 N–H and O–H groups in total. The van der Waals surface area contributed by atoms with Crippen LogP contribution in [0.2, 0.25) is 0 Å². The van der Waals surface area contributed by atoms with E-state index in [1.807, 2.05) is 0 Å². The number of amides is 2. The minimum Gasteiger partial charge on any atom is -0.352 e. The average molecular weight is 498 g/mol. The summed E-state index contributed by atoms with van der Waals surface area (Å²) in [4.78, 5) is 26.6. The van der Waals surface area contributed by atoms with Crippen molar-refractivity contribution in [3.8, 4) is 0 Å². The van der Waals surface area contributed by atoms with Crippen LogP contribution < -0.4 is 10.2 Å². The normalized spacial score (nSPS) is 16.8. The predicted octanol–water partition coefficient (Wildman–Crippen LogP) is 3.41. The number of carbonyl (C=O) groups is 2. The van der Waals surface area contributed by atoms with E-state index in [1.165, 1.54) is 45.6 Å². The molecule has 1 heterocycles. The molecule has 2 aromatic rings. The van der Waals surface area contributed by atoms with Gasteiger partial charge in [-0.1, -0.05) is 26.0 Å². The van der Waals surface area contributed by atoms with Gasteiger partial charge in [-0.05, 0) is 42.0 Å². The van der Waals surface area contributed by atoms with E-state index >= 15 is 0 Å². The van der Waals surface area contributed by atoms with E-state index in [4.69, 9.17) is 0 Å². The average Bonchev–Trinajstić information content (AvgIpc) is 3.19. The molecule has 1 aliphatic rings. The number of anilines is 1. The first kappa shape index (κ1) is 25.7. The van der Waals surface area contributed by atoms with E-state index in [9.17, 15) is 31.2 Å². The van der Waals surface area contributed by atoms with Gasteiger partial charge in [0, 0.05) is 38.3 Å². The van der Waals surface area contributed by atoms with Gasteiger partial charge in [0.25, 0.3) is 0 Å². The Morgan fingerprint density at radius 3 is 2.35 bits per heavy atom. The highest BCUT2D eigenvalue weighted by molar-refractivity contribution is 7.89. The lowest BCUT2D eigenvalue weighted by Crippen LogP contribution is -2.32. The number of hydrogen-bond acceptors (Lipinski definition) is 4. The molecular formula is C23H26F3N3O4S. The third kappa shape index (κ3) is 5.58. The summed E-state index contributed by atoms with van der Waals surface area (Å²) in [5, 5.41) is 2.60. The number of alkyl halides is 3. The summed E-state index contributed by atoms with van der Waals surface area (Å²) >= 11 is 0. The van der Waals surface area contributed by atoms with E-state index in [1.54, 1.807) is 13.8 Å². The second kappa shape index (κ2) is 10.1. The van der Waals surface area contributed by atoms with E-state index < -0.39 is 33.6 Å². The Kier molecular flexibility index (Phi) is 7.67. The lowest BCUT2D eigenvalue weighted by Gasteiger charge is -2.20. The third-order valence-corrected chi connectivity index (χ3v) is 7.77. The van der Waals surface area contributed by atoms with Crippen LogP contribution in [-0.4, -0.2) is 44.2 Å². The Morgan fingerprint density at radius 1 is 1.12 bits per heavy atom. The van der Waals surface area contributed by atoms with Gasteiger partial charge in [-0.2, -0.15) is 17.5 Å². The molecule has 184 valence electrons. The fourth-order valence-corrected chi connectivity index (χ4v) is 5.29. The van der Waals surface area contributed by atoms with E-state index in [2.05, 4.69) is 5.32 Å². The van der Waals surface area contributed by atoms with Crippen molar-refractivity contribution in [1.29, 1.82) is 0 Å². The molecule has 1 fully saturated rings. The molecule has 0 bridgehead atoms. The zero-order valence-electron chi connectivity index (χ0n) is 18.8. The van der Waals surface area contributed by atoms with Gasteiger partial charge in [0.05, 0.1) is 16.4 Å². The summed E-state index contributed by atoms with van der Waals surface area (Å²) in [5.41, 5.74) is -0.0287. The molecule has 0 spiro atoms. The molecule has 2 amide bonds. The van der Waals surface area contributed by atoms with Crippen molar-refractivity contribution in [3.63, 3.8) is 0 Å². The summed E-state index contributed by atoms with van der Waals surface area (Å²) in [6.45, 7) is 4.17. The molecule has 1 saturated heterocycles. The standard InChI is InChI=1S/C23H26F3N3O4S/c1-3-28(4-2)34(32,33)20-10-8-19(9-11-20)29-15-17(13-21(29)30)22(31)27-14-16-6-5-7-18(12-16)23(24,25)26/h5-12,17H,3-4,13-15H2,1-2H3,(H,27,31). The van der Waals surface area contributed by atoms with Crippen LogP contribution in [0.15, 0.2) is 53.4 Å². The molecule has 3 rings (SSSR count). The second-order valence-electron chi connectivity index (χ2n) is 7.90. The maximum atomic E-state index is 12.9. The lowest BCUT2D eigenvalue weighted by atomic mass is 10.1. The number of hydrogen-bond donors (Lipinski definition) is 1. The summed E-state index contributed by atoms with van der Waals surface area (Å²) in [6, 6.07) is 10.6. The Bertz CT molecular complexity index is 1150. The smallest absolute Gasteiger partial charge is 0.352 e. The van der Waals surface area contributed by atoms with Crippen molar-refractivity contribution in [3.05, 3.63) is 59.7 Å². The number of benzene rings is 2. The topological polar surface area (TPSA) is 86.8 Å². The molecule has 0 aliphatic carbocycles. The largest absolute Gasteiger partial charge is 0.416 e. The maximum absolute atomic E-state index is 12.9. The molecule has 1 aliphatic heterocycles. The molecule has 34 heavy (non-hydrogen) atoms. The second-order valence-corrected chi connectivity index (χ2v) is 9.84. The predicted molar refractivity (Wildman–Crippen MR) is 120 cm³/mol. The molecule has 2 aromatic carbocycles. The van der Waals surface area contributed by atoms with Crippen molar-refractivity contribution in [2.75, 3.05) is 24.5 Å². The van der Waals surface area contributed by atoms with Gasteiger partial charge in [-0.15, -0.1) is 0 Å². The Morgan fingerprint density at radius 2 is 1.76 bits per heavy atom. The highest BCUT2D eigenvalue weighted by Crippen LogP contribution is 2.30. The molecule has 0 radical (unpaired) electrons. The van der Waals surface area contributed by atoms with Crippen molar-refractivity contribution in [1.82, 2.24) is 9.62 Å². The number of carbonyl (C=O) groups excluding carboxylic acids is 2. The van der Waals surface area contributed by atoms with Gasteiger partial charge >= 0.3 is 6.18 Å². The van der Waals surface area contributed by atoms with Gasteiger partial charge in [0.15, 0.2) is 0 Å². The van der Waals surface area contributed by atoms with Crippen LogP contribution in [-0.2, 0) is 32.3 Å². The number of halogens is 3. The van der Waals surface area contributed by atoms with E-state index in [0.29, 0.717) is 24.3 Å². The SMILES string of the molecule is CCN(CC)S(=O)(=O)c1ccc(N2CC(C(=O)NCc3cccc(C(F)(F)F)c3)CC2=O)cc1. The summed E-state index contributed by atoms with van der Waals surface area (Å²) in [6.07, 6.45) is -4.52. The summed E-state index contributed by atoms with van der Waals surface area (Å²) < 4.78 is 65.2. The van der Waals surface area contributed by atoms with Crippen LogP contribution in [0, 0.1) is 5.92 Å². The lowest BCUT2D eigenvalue weighted by molar-refractivity contribution is -0.137. The first-order chi connectivity index (χ1) is 16.0. The zero-order valence-corrected chi connectivity index (χ0v) is 19.6. The molecule has 1 unspecified atom stereocenters. The molecule has 0 saturated carbocycles. The van der Waals surface area contributed by atoms with Crippen LogP contribution in [0.25, 0.3) is 0 Å². The van der Waals surface area contributed by atoms with Gasteiger partial charge in [-0.25, -0.2) is 8.42 Å². The van der Waals surface area contributed by atoms with Crippen LogP contribution in [0.1, 0.15) is 31.4 Å². The van der Waals surface area contributed by atoms with Gasteiger partial charge in [0.2, 0.25) is 21.8 Å². The molecule has 7 nitrogen and oxygen atoms in total. The summed E-state index contributed by atoms with van der Waals surface area (Å²) in [5.74, 6) is -1.40. The third-order valence-electron chi connectivity index (χ3n) is 5.71. The van der Waals surface area contributed by atoms with Gasteiger partial charge in [-0.3, -0.25) is 9.59 Å². The summed E-state index contributed by atoms with van der Waals surface area (Å²) in [7, 11) is -3.63. The van der Waals surface area contributed by atoms with Crippen LogP contribution in [0.3, 0.4) is 0 Å². The molecule has 1 atom stereocenters. The van der Waals surface area contributed by atoms with E-state index in [-0.39, 0.29) is 30.3 Å². The Hall–Kier alpha value is -2.92. The van der Waals surface area contributed by atoms with Crippen molar-refractivity contribution in [2.45, 2.75) is 37.9 Å². The minimum absolute atomic E-state index is 0.0477. The highest BCUT2D eigenvalue weighted by Gasteiger charge is 2.35. The van der Waals surface area contributed by atoms with Crippen LogP contribution in [0.4, 0.5) is 18.9 Å². The maximum Gasteiger partial charge on any atom is 0.416 e. The highest BCUT2D eigenvalue weighted by atomic mass is 32.2. The number of rotatable bonds is 8. The monoisotopic (exact) mass is 497 g/mol. The quantitative estimate of drug-likeness (QED) is 0.606. The zero-order chi connectivity index (χ0) is 25.1. The van der Waals surface area contributed by atoms with Crippen molar-refractivity contribution in [2.24, 2.45) is 5.92 Å². The molecule has 0 aromatic heterocycles. The molecular weight excluding hydrogens is 471 g/mol. The minimum atomic E-state index is -4.47. The first-order valence-corrected chi connectivity index (χ1v) is 12.3. The molecule has 11 heteroatoms. The number of nitrogens with one attached hydrogen (secondary N) is 1. The van der Waals surface area contributed by atoms with Crippen molar-refractivity contribution < 1.29 is 31.2 Å². The number of sulfonamides is 1. The van der Waals surface area contributed by atoms with Gasteiger partial charge < -0.3 is 10.2 Å². The Balaban J connectivity index is 1.64. The van der Waals surface area contributed by atoms with Gasteiger partial charge in [0.1, 0.15) is 0 Å². The van der Waals surface area contributed by atoms with Crippen molar-refractivity contribution >= 4 is 27.5 Å². The van der Waals surface area contributed by atoms with Crippen LogP contribution >= 0.6 is 0 Å². The van der Waals surface area contributed by atoms with Crippen LogP contribution in [0.5, 0.6) is 0 Å². The number of nitrogens with zero attached hydrogens (tertiary/aromatic N) is 2. The first-order valence-electron chi connectivity index (χ1n) is 10.8. The fraction of sp³-hybridized carbons (Fsp3) is 0.391. The Labute approximate surface area is 196 Å². The fourth-order valence-electron chi connectivity index (χ4n) is 3.83.